The monoisotopic (exact) mass is 345 g/mol. The number of rotatable bonds is 5. The fraction of sp³-hybridized carbons (Fsp3) is 1.00. The molecule has 3 aliphatic heterocycles. The van der Waals surface area contributed by atoms with Gasteiger partial charge >= 0.3 is 0 Å². The van der Waals surface area contributed by atoms with Gasteiger partial charge in [-0.3, -0.25) is 0 Å². The highest BCUT2D eigenvalue weighted by atomic mass is 32.2. The van der Waals surface area contributed by atoms with E-state index in [1.54, 1.807) is 4.31 Å². The van der Waals surface area contributed by atoms with Crippen molar-refractivity contribution in [1.29, 1.82) is 0 Å². The largest absolute Gasteiger partial charge is 0.381 e. The van der Waals surface area contributed by atoms with Gasteiger partial charge in [-0.1, -0.05) is 0 Å². The molecule has 1 spiro atoms. The van der Waals surface area contributed by atoms with Crippen molar-refractivity contribution < 1.29 is 22.6 Å². The zero-order valence-corrected chi connectivity index (χ0v) is 14.4. The summed E-state index contributed by atoms with van der Waals surface area (Å²) in [7, 11) is -3.08. The molecule has 3 heterocycles. The van der Waals surface area contributed by atoms with Crippen LogP contribution in [-0.2, 0) is 24.2 Å². The van der Waals surface area contributed by atoms with Crippen LogP contribution in [0.25, 0.3) is 0 Å². The predicted octanol–water partition coefficient (Wildman–Crippen LogP) is 1.16. The van der Waals surface area contributed by atoms with E-state index in [1.807, 2.05) is 0 Å². The summed E-state index contributed by atoms with van der Waals surface area (Å²) in [4.78, 5) is 0. The molecular weight excluding hydrogens is 318 g/mol. The molecule has 132 valence electrons. The van der Waals surface area contributed by atoms with E-state index < -0.39 is 10.0 Å². The smallest absolute Gasteiger partial charge is 0.217 e. The Morgan fingerprint density at radius 1 is 1.17 bits per heavy atom. The van der Waals surface area contributed by atoms with Gasteiger partial charge in [-0.25, -0.2) is 8.42 Å². The van der Waals surface area contributed by atoms with Gasteiger partial charge in [-0.15, -0.1) is 0 Å². The number of nitrogens with zero attached hydrogens (tertiary/aromatic N) is 1. The first-order valence-corrected chi connectivity index (χ1v) is 10.4. The van der Waals surface area contributed by atoms with E-state index in [-0.39, 0.29) is 17.0 Å². The zero-order valence-electron chi connectivity index (χ0n) is 13.6. The first-order chi connectivity index (χ1) is 11.1. The maximum absolute atomic E-state index is 12.4. The van der Waals surface area contributed by atoms with Crippen molar-refractivity contribution in [2.45, 2.75) is 55.5 Å². The molecule has 4 fully saturated rings. The maximum Gasteiger partial charge on any atom is 0.217 e. The van der Waals surface area contributed by atoms with Crippen molar-refractivity contribution in [3.05, 3.63) is 0 Å². The van der Waals surface area contributed by atoms with Crippen molar-refractivity contribution in [3.63, 3.8) is 0 Å². The van der Waals surface area contributed by atoms with Crippen LogP contribution in [0.5, 0.6) is 0 Å². The molecule has 0 radical (unpaired) electrons. The summed E-state index contributed by atoms with van der Waals surface area (Å²) in [6, 6.07) is 0. The molecule has 1 aliphatic carbocycles. The van der Waals surface area contributed by atoms with Crippen LogP contribution in [0.1, 0.15) is 38.5 Å². The second-order valence-corrected chi connectivity index (χ2v) is 9.75. The van der Waals surface area contributed by atoms with Gasteiger partial charge in [-0.2, -0.15) is 4.31 Å². The van der Waals surface area contributed by atoms with Gasteiger partial charge in [0.2, 0.25) is 10.0 Å². The Kier molecular flexibility index (Phi) is 4.43. The summed E-state index contributed by atoms with van der Waals surface area (Å²) in [6.45, 7) is 4.17. The molecule has 4 rings (SSSR count). The number of hydrogen-bond donors (Lipinski definition) is 0. The van der Waals surface area contributed by atoms with Crippen molar-refractivity contribution >= 4 is 10.0 Å². The van der Waals surface area contributed by atoms with Crippen molar-refractivity contribution in [2.75, 3.05) is 39.5 Å². The van der Waals surface area contributed by atoms with E-state index >= 15 is 0 Å². The highest BCUT2D eigenvalue weighted by Crippen LogP contribution is 2.40. The quantitative estimate of drug-likeness (QED) is 0.748. The molecule has 6 nitrogen and oxygen atoms in total. The van der Waals surface area contributed by atoms with E-state index in [1.165, 1.54) is 0 Å². The Morgan fingerprint density at radius 3 is 2.70 bits per heavy atom. The summed E-state index contributed by atoms with van der Waals surface area (Å²) < 4.78 is 43.9. The van der Waals surface area contributed by atoms with E-state index in [9.17, 15) is 8.42 Å². The second-order valence-electron chi connectivity index (χ2n) is 7.54. The molecule has 2 atom stereocenters. The lowest BCUT2D eigenvalue weighted by Gasteiger charge is -2.24. The molecule has 23 heavy (non-hydrogen) atoms. The summed E-state index contributed by atoms with van der Waals surface area (Å²) >= 11 is 0. The topological polar surface area (TPSA) is 65.1 Å². The Labute approximate surface area is 138 Å². The molecule has 0 aromatic carbocycles. The summed E-state index contributed by atoms with van der Waals surface area (Å²) in [6.07, 6.45) is 5.54. The summed E-state index contributed by atoms with van der Waals surface area (Å²) in [5.74, 6) is 0.593. The third kappa shape index (κ3) is 3.44. The standard InChI is InChI=1S/C16H27NO5S/c18-23(19,15-1-2-15)17-6-5-16(12-17)9-14(11-22-16)21-10-13-3-7-20-8-4-13/h13-15H,1-12H2/t14-,16+/m1/s1. The van der Waals surface area contributed by atoms with Crippen LogP contribution in [0.3, 0.4) is 0 Å². The molecule has 0 unspecified atom stereocenters. The average molecular weight is 345 g/mol. The minimum Gasteiger partial charge on any atom is -0.381 e. The number of hydrogen-bond acceptors (Lipinski definition) is 5. The van der Waals surface area contributed by atoms with E-state index in [0.29, 0.717) is 25.6 Å². The highest BCUT2D eigenvalue weighted by Gasteiger charge is 2.51. The third-order valence-electron chi connectivity index (χ3n) is 5.67. The molecule has 4 aliphatic rings. The van der Waals surface area contributed by atoms with Crippen LogP contribution in [0.4, 0.5) is 0 Å². The fourth-order valence-electron chi connectivity index (χ4n) is 3.98. The van der Waals surface area contributed by atoms with E-state index in [2.05, 4.69) is 0 Å². The van der Waals surface area contributed by atoms with Gasteiger partial charge in [0.25, 0.3) is 0 Å². The average Bonchev–Trinajstić information content (AvgIpc) is 3.24. The van der Waals surface area contributed by atoms with Gasteiger partial charge in [0, 0.05) is 32.7 Å². The SMILES string of the molecule is O=S(=O)(C1CC1)N1CC[C@]2(C[C@@H](OCC3CCOCC3)CO2)C1. The summed E-state index contributed by atoms with van der Waals surface area (Å²) in [5, 5.41) is -0.125. The lowest BCUT2D eigenvalue weighted by molar-refractivity contribution is -0.0181. The van der Waals surface area contributed by atoms with Gasteiger partial charge in [0.05, 0.1) is 30.2 Å². The van der Waals surface area contributed by atoms with Gasteiger partial charge in [0.1, 0.15) is 0 Å². The van der Waals surface area contributed by atoms with Crippen molar-refractivity contribution in [3.8, 4) is 0 Å². The van der Waals surface area contributed by atoms with Gasteiger partial charge in [-0.05, 0) is 38.0 Å². The molecule has 3 saturated heterocycles. The van der Waals surface area contributed by atoms with Crippen LogP contribution in [-0.4, -0.2) is 69.2 Å². The van der Waals surface area contributed by atoms with E-state index in [4.69, 9.17) is 14.2 Å². The normalized spacial score (nSPS) is 37.0. The Hall–Kier alpha value is -0.210. The van der Waals surface area contributed by atoms with Crippen LogP contribution in [0.15, 0.2) is 0 Å². The van der Waals surface area contributed by atoms with Crippen LogP contribution in [0.2, 0.25) is 0 Å². The Morgan fingerprint density at radius 2 is 1.96 bits per heavy atom. The zero-order chi connectivity index (χ0) is 15.9. The minimum atomic E-state index is -3.08. The van der Waals surface area contributed by atoms with Crippen LogP contribution < -0.4 is 0 Å². The third-order valence-corrected chi connectivity index (χ3v) is 8.02. The van der Waals surface area contributed by atoms with E-state index in [0.717, 1.165) is 58.3 Å². The Balaban J connectivity index is 1.28. The second kappa shape index (κ2) is 6.26. The molecule has 0 aromatic rings. The van der Waals surface area contributed by atoms with Gasteiger partial charge < -0.3 is 14.2 Å². The molecular formula is C16H27NO5S. The first-order valence-electron chi connectivity index (χ1n) is 8.90. The fourth-order valence-corrected chi connectivity index (χ4v) is 5.90. The van der Waals surface area contributed by atoms with Crippen molar-refractivity contribution in [2.24, 2.45) is 5.92 Å². The predicted molar refractivity (Wildman–Crippen MR) is 84.7 cm³/mol. The first kappa shape index (κ1) is 16.3. The molecule has 7 heteroatoms. The molecule has 0 N–H and O–H groups in total. The summed E-state index contributed by atoms with van der Waals surface area (Å²) in [5.41, 5.74) is -0.303. The molecule has 0 amide bonds. The molecule has 0 bridgehead atoms. The molecule has 1 saturated carbocycles. The minimum absolute atomic E-state index is 0.112. The van der Waals surface area contributed by atoms with Crippen LogP contribution >= 0.6 is 0 Å². The number of ether oxygens (including phenoxy) is 3. The number of sulfonamides is 1. The molecule has 0 aromatic heterocycles. The van der Waals surface area contributed by atoms with Crippen LogP contribution in [0, 0.1) is 5.92 Å². The maximum atomic E-state index is 12.4. The lowest BCUT2D eigenvalue weighted by atomic mass is 9.98. The Bertz CT molecular complexity index is 529. The lowest BCUT2D eigenvalue weighted by Crippen LogP contribution is -2.37. The van der Waals surface area contributed by atoms with Crippen molar-refractivity contribution in [1.82, 2.24) is 4.31 Å². The highest BCUT2D eigenvalue weighted by molar-refractivity contribution is 7.90. The van der Waals surface area contributed by atoms with Gasteiger partial charge in [0.15, 0.2) is 0 Å².